The number of aromatic nitrogens is 2. The van der Waals surface area contributed by atoms with Crippen LogP contribution in [0.5, 0.6) is 0 Å². The fourth-order valence-corrected chi connectivity index (χ4v) is 5.46. The molecule has 37 heavy (non-hydrogen) atoms. The lowest BCUT2D eigenvalue weighted by Gasteiger charge is -2.32. The number of hydrogen-bond donors (Lipinski definition) is 3. The van der Waals surface area contributed by atoms with Gasteiger partial charge in [-0.3, -0.25) is 0 Å². The molecule has 8 nitrogen and oxygen atoms in total. The summed E-state index contributed by atoms with van der Waals surface area (Å²) in [5, 5.41) is 10.8. The van der Waals surface area contributed by atoms with E-state index in [0.29, 0.717) is 55.0 Å². The van der Waals surface area contributed by atoms with Gasteiger partial charge in [-0.1, -0.05) is 11.6 Å². The number of nitrogens with one attached hydrogen (secondary N) is 3. The van der Waals surface area contributed by atoms with E-state index in [-0.39, 0.29) is 11.6 Å². The van der Waals surface area contributed by atoms with Gasteiger partial charge in [0.15, 0.2) is 17.4 Å². The average molecular weight is 534 g/mol. The molecule has 0 bridgehead atoms. The van der Waals surface area contributed by atoms with Crippen LogP contribution in [0.25, 0.3) is 11.3 Å². The zero-order valence-electron chi connectivity index (χ0n) is 21.4. The van der Waals surface area contributed by atoms with Crippen molar-refractivity contribution >= 4 is 23.2 Å². The first-order valence-electron chi connectivity index (χ1n) is 13.4. The minimum absolute atomic E-state index is 0.250. The third kappa shape index (κ3) is 7.09. The topological polar surface area (TPSA) is 89.6 Å². The normalized spacial score (nSPS) is 24.2. The van der Waals surface area contributed by atoms with E-state index < -0.39 is 5.79 Å². The van der Waals surface area contributed by atoms with Crippen molar-refractivity contribution in [1.29, 1.82) is 0 Å². The van der Waals surface area contributed by atoms with Crippen LogP contribution in [0, 0.1) is 11.7 Å². The maximum Gasteiger partial charge on any atom is 0.178 e. The molecule has 2 saturated heterocycles. The molecule has 10 heteroatoms. The van der Waals surface area contributed by atoms with E-state index in [2.05, 4.69) is 25.9 Å². The summed E-state index contributed by atoms with van der Waals surface area (Å²) in [6, 6.07) is 5.79. The van der Waals surface area contributed by atoms with Crippen LogP contribution in [0.4, 0.5) is 16.0 Å². The second-order valence-electron chi connectivity index (χ2n) is 10.4. The summed E-state index contributed by atoms with van der Waals surface area (Å²) in [6.07, 6.45) is 7.77. The average Bonchev–Trinajstić information content (AvgIpc) is 3.36. The predicted molar refractivity (Wildman–Crippen MR) is 142 cm³/mol. The van der Waals surface area contributed by atoms with Crippen LogP contribution < -0.4 is 16.0 Å². The van der Waals surface area contributed by atoms with Gasteiger partial charge in [0.25, 0.3) is 0 Å². The van der Waals surface area contributed by atoms with Crippen molar-refractivity contribution < 1.29 is 18.6 Å². The molecule has 3 aliphatic rings. The molecular weight excluding hydrogens is 497 g/mol. The Bertz CT molecular complexity index is 1040. The van der Waals surface area contributed by atoms with Gasteiger partial charge in [-0.15, -0.1) is 0 Å². The Kier molecular flexibility index (Phi) is 8.77. The highest BCUT2D eigenvalue weighted by molar-refractivity contribution is 6.33. The summed E-state index contributed by atoms with van der Waals surface area (Å²) in [5.41, 5.74) is 1.34. The van der Waals surface area contributed by atoms with Crippen LogP contribution in [0.15, 0.2) is 24.4 Å². The Morgan fingerprint density at radius 1 is 1.03 bits per heavy atom. The third-order valence-electron chi connectivity index (χ3n) is 7.57. The fraction of sp³-hybridized carbons (Fsp3) is 0.630. The van der Waals surface area contributed by atoms with Crippen LogP contribution >= 0.6 is 11.6 Å². The highest BCUT2D eigenvalue weighted by atomic mass is 35.5. The first-order valence-corrected chi connectivity index (χ1v) is 13.8. The van der Waals surface area contributed by atoms with E-state index in [1.54, 1.807) is 12.3 Å². The molecule has 2 aliphatic heterocycles. The number of nitrogens with zero attached hydrogens (tertiary/aromatic N) is 2. The Morgan fingerprint density at radius 3 is 2.51 bits per heavy atom. The van der Waals surface area contributed by atoms with Gasteiger partial charge in [-0.2, -0.15) is 0 Å². The molecule has 0 aromatic carbocycles. The minimum atomic E-state index is -0.507. The molecule has 4 heterocycles. The molecule has 2 aromatic rings. The summed E-state index contributed by atoms with van der Waals surface area (Å²) in [7, 11) is 0. The van der Waals surface area contributed by atoms with Gasteiger partial charge in [0.05, 0.1) is 23.9 Å². The van der Waals surface area contributed by atoms with E-state index in [9.17, 15) is 4.39 Å². The smallest absolute Gasteiger partial charge is 0.178 e. The van der Waals surface area contributed by atoms with E-state index in [1.807, 2.05) is 13.0 Å². The monoisotopic (exact) mass is 533 g/mol. The molecular formula is C27H37ClFN5O3. The molecule has 5 rings (SSSR count). The molecule has 202 valence electrons. The van der Waals surface area contributed by atoms with Crippen molar-refractivity contribution in [3.8, 4) is 11.3 Å². The Balaban J connectivity index is 1.17. The second-order valence-corrected chi connectivity index (χ2v) is 10.8. The van der Waals surface area contributed by atoms with Crippen molar-refractivity contribution in [3.05, 3.63) is 35.2 Å². The lowest BCUT2D eigenvalue weighted by molar-refractivity contribution is -0.139. The van der Waals surface area contributed by atoms with E-state index in [0.717, 1.165) is 63.1 Å². The highest BCUT2D eigenvalue weighted by Gasteiger charge is 2.32. The largest absolute Gasteiger partial charge is 0.381 e. The van der Waals surface area contributed by atoms with Gasteiger partial charge in [-0.25, -0.2) is 14.4 Å². The standard InChI is InChI=1S/C27H37ClFN5O3/c1-27(36-12-13-37-27)17-32-19-2-4-20(5-3-19)33-25-14-21(22(28)16-30-25)24-7-6-23(29)26(34-24)31-15-18-8-10-35-11-9-18/h6-7,14,16,18-20,32H,2-5,8-13,15,17H2,1H3,(H,30,33)(H,31,34)/t19-,20-. The van der Waals surface area contributed by atoms with Gasteiger partial charge in [-0.05, 0) is 69.6 Å². The zero-order chi connectivity index (χ0) is 25.7. The fourth-order valence-electron chi connectivity index (χ4n) is 5.26. The summed E-state index contributed by atoms with van der Waals surface area (Å²) >= 11 is 6.50. The molecule has 0 unspecified atom stereocenters. The molecule has 2 aromatic heterocycles. The Hall–Kier alpha value is -2.04. The molecule has 0 radical (unpaired) electrons. The molecule has 0 amide bonds. The Morgan fingerprint density at radius 2 is 1.76 bits per heavy atom. The van der Waals surface area contributed by atoms with Crippen molar-refractivity contribution in [2.75, 3.05) is 50.2 Å². The summed E-state index contributed by atoms with van der Waals surface area (Å²) in [6.45, 7) is 6.20. The van der Waals surface area contributed by atoms with Crippen LogP contribution in [0.3, 0.4) is 0 Å². The maximum atomic E-state index is 14.5. The van der Waals surface area contributed by atoms with Gasteiger partial charge >= 0.3 is 0 Å². The van der Waals surface area contributed by atoms with E-state index in [1.165, 1.54) is 6.07 Å². The van der Waals surface area contributed by atoms with Crippen LogP contribution in [-0.2, 0) is 14.2 Å². The minimum Gasteiger partial charge on any atom is -0.381 e. The number of pyridine rings is 2. The summed E-state index contributed by atoms with van der Waals surface area (Å²) < 4.78 is 31.3. The number of anilines is 2. The molecule has 0 atom stereocenters. The summed E-state index contributed by atoms with van der Waals surface area (Å²) in [4.78, 5) is 9.05. The molecule has 1 saturated carbocycles. The van der Waals surface area contributed by atoms with Gasteiger partial charge < -0.3 is 30.2 Å². The SMILES string of the molecule is CC1(CN[C@H]2CC[C@H](Nc3cc(-c4ccc(F)c(NCC5CCOCC5)n4)c(Cl)cn3)CC2)OCCO1. The van der Waals surface area contributed by atoms with Crippen LogP contribution in [-0.4, -0.2) is 67.4 Å². The highest BCUT2D eigenvalue weighted by Crippen LogP contribution is 2.31. The molecule has 3 fully saturated rings. The third-order valence-corrected chi connectivity index (χ3v) is 7.87. The van der Waals surface area contributed by atoms with Crippen molar-refractivity contribution in [3.63, 3.8) is 0 Å². The summed E-state index contributed by atoms with van der Waals surface area (Å²) in [5.74, 6) is 0.577. The quantitative estimate of drug-likeness (QED) is 0.421. The molecule has 1 aliphatic carbocycles. The Labute approximate surface area is 223 Å². The second kappa shape index (κ2) is 12.2. The first kappa shape index (κ1) is 26.6. The van der Waals surface area contributed by atoms with Crippen molar-refractivity contribution in [2.45, 2.75) is 63.3 Å². The van der Waals surface area contributed by atoms with E-state index in [4.69, 9.17) is 25.8 Å². The molecule has 0 spiro atoms. The van der Waals surface area contributed by atoms with Gasteiger partial charge in [0.1, 0.15) is 5.82 Å². The zero-order valence-corrected chi connectivity index (χ0v) is 22.2. The van der Waals surface area contributed by atoms with Crippen LogP contribution in [0.2, 0.25) is 5.02 Å². The van der Waals surface area contributed by atoms with Crippen molar-refractivity contribution in [2.24, 2.45) is 5.92 Å². The number of ether oxygens (including phenoxy) is 3. The molecule has 3 N–H and O–H groups in total. The number of hydrogen-bond acceptors (Lipinski definition) is 8. The lowest BCUT2D eigenvalue weighted by atomic mass is 9.91. The predicted octanol–water partition coefficient (Wildman–Crippen LogP) is 4.85. The first-order chi connectivity index (χ1) is 18.0. The van der Waals surface area contributed by atoms with Gasteiger partial charge in [0.2, 0.25) is 0 Å². The van der Waals surface area contributed by atoms with Gasteiger partial charge in [0, 0.05) is 50.1 Å². The van der Waals surface area contributed by atoms with Crippen molar-refractivity contribution in [1.82, 2.24) is 15.3 Å². The number of halogens is 2. The van der Waals surface area contributed by atoms with Crippen LogP contribution in [0.1, 0.15) is 45.4 Å². The maximum absolute atomic E-state index is 14.5. The van der Waals surface area contributed by atoms with E-state index >= 15 is 0 Å². The number of rotatable bonds is 9. The lowest BCUT2D eigenvalue weighted by Crippen LogP contribution is -2.45.